The van der Waals surface area contributed by atoms with E-state index in [1.165, 1.54) is 6.92 Å². The van der Waals surface area contributed by atoms with E-state index in [4.69, 9.17) is 4.74 Å². The summed E-state index contributed by atoms with van der Waals surface area (Å²) >= 11 is 0. The van der Waals surface area contributed by atoms with Crippen molar-refractivity contribution in [2.24, 2.45) is 5.92 Å². The molecule has 0 spiro atoms. The van der Waals surface area contributed by atoms with Gasteiger partial charge in [-0.1, -0.05) is 13.8 Å². The van der Waals surface area contributed by atoms with E-state index in [1.54, 1.807) is 7.05 Å². The van der Waals surface area contributed by atoms with E-state index in [-0.39, 0.29) is 6.04 Å². The molecule has 0 saturated carbocycles. The molecule has 90 valence electrons. The number of carbonyl (C=O) groups is 1. The molecule has 0 fully saturated rings. The second-order valence-corrected chi connectivity index (χ2v) is 4.44. The van der Waals surface area contributed by atoms with Crippen molar-refractivity contribution in [1.82, 2.24) is 5.32 Å². The van der Waals surface area contributed by atoms with Crippen LogP contribution in [0.3, 0.4) is 0 Å². The van der Waals surface area contributed by atoms with Gasteiger partial charge < -0.3 is 20.0 Å². The highest BCUT2D eigenvalue weighted by Crippen LogP contribution is 2.07. The smallest absolute Gasteiger partial charge is 0.152 e. The number of carbonyl (C=O) groups excluding carboxylic acids is 1. The van der Waals surface area contributed by atoms with E-state index >= 15 is 0 Å². The van der Waals surface area contributed by atoms with E-state index in [0.717, 1.165) is 6.42 Å². The van der Waals surface area contributed by atoms with Gasteiger partial charge >= 0.3 is 0 Å². The van der Waals surface area contributed by atoms with Gasteiger partial charge in [0.05, 0.1) is 12.6 Å². The third-order valence-electron chi connectivity index (χ3n) is 2.42. The highest BCUT2D eigenvalue weighted by Gasteiger charge is 2.30. The molecule has 0 aromatic carbocycles. The van der Waals surface area contributed by atoms with Gasteiger partial charge in [-0.2, -0.15) is 0 Å². The average molecular weight is 217 g/mol. The van der Waals surface area contributed by atoms with Crippen molar-refractivity contribution in [2.45, 2.75) is 38.8 Å². The standard InChI is InChI=1S/C11H23NO3/c1-9(2)5-6-15-7-10(12-4)11(3,14)8-13/h8-10,12,14H,5-7H2,1-4H3/t10-,11?/m0/s1. The number of aldehydes is 1. The van der Waals surface area contributed by atoms with Crippen molar-refractivity contribution in [3.8, 4) is 0 Å². The molecule has 1 unspecified atom stereocenters. The quantitative estimate of drug-likeness (QED) is 0.461. The molecular formula is C11H23NO3. The summed E-state index contributed by atoms with van der Waals surface area (Å²) in [5.74, 6) is 0.601. The van der Waals surface area contributed by atoms with Gasteiger partial charge in [0, 0.05) is 6.61 Å². The molecule has 0 saturated heterocycles. The van der Waals surface area contributed by atoms with E-state index < -0.39 is 5.60 Å². The van der Waals surface area contributed by atoms with E-state index in [2.05, 4.69) is 19.2 Å². The monoisotopic (exact) mass is 217 g/mol. The SMILES string of the molecule is CN[C@@H](COCCC(C)C)C(C)(O)C=O. The van der Waals surface area contributed by atoms with Gasteiger partial charge in [-0.25, -0.2) is 0 Å². The summed E-state index contributed by atoms with van der Waals surface area (Å²) in [4.78, 5) is 10.6. The van der Waals surface area contributed by atoms with Crippen LogP contribution in [0.15, 0.2) is 0 Å². The maximum absolute atomic E-state index is 10.6. The summed E-state index contributed by atoms with van der Waals surface area (Å²) in [5.41, 5.74) is -1.37. The molecule has 2 N–H and O–H groups in total. The summed E-state index contributed by atoms with van der Waals surface area (Å²) in [6, 6.07) is -0.359. The van der Waals surface area contributed by atoms with Gasteiger partial charge in [-0.15, -0.1) is 0 Å². The van der Waals surface area contributed by atoms with Gasteiger partial charge in [0.1, 0.15) is 5.60 Å². The molecule has 2 atom stereocenters. The fourth-order valence-electron chi connectivity index (χ4n) is 1.15. The molecule has 0 aliphatic rings. The summed E-state index contributed by atoms with van der Waals surface area (Å²) in [6.07, 6.45) is 1.53. The maximum Gasteiger partial charge on any atom is 0.152 e. The lowest BCUT2D eigenvalue weighted by Crippen LogP contribution is -2.51. The lowest BCUT2D eigenvalue weighted by molar-refractivity contribution is -0.127. The molecule has 0 bridgehead atoms. The molecule has 0 aliphatic heterocycles. The van der Waals surface area contributed by atoms with E-state index in [9.17, 15) is 9.90 Å². The number of hydrogen-bond acceptors (Lipinski definition) is 4. The Labute approximate surface area is 92.0 Å². The molecular weight excluding hydrogens is 194 g/mol. The van der Waals surface area contributed by atoms with Gasteiger partial charge in [0.25, 0.3) is 0 Å². The Balaban J connectivity index is 3.86. The largest absolute Gasteiger partial charge is 0.381 e. The van der Waals surface area contributed by atoms with Crippen LogP contribution in [0.1, 0.15) is 27.2 Å². The average Bonchev–Trinajstić information content (AvgIpc) is 2.17. The summed E-state index contributed by atoms with van der Waals surface area (Å²) in [7, 11) is 1.70. The number of nitrogens with one attached hydrogen (secondary N) is 1. The van der Waals surface area contributed by atoms with Gasteiger partial charge in [0.15, 0.2) is 6.29 Å². The minimum atomic E-state index is -1.37. The number of ether oxygens (including phenoxy) is 1. The minimum Gasteiger partial charge on any atom is -0.381 e. The Morgan fingerprint density at radius 1 is 1.53 bits per heavy atom. The van der Waals surface area contributed by atoms with Crippen LogP contribution in [0.4, 0.5) is 0 Å². The normalized spacial score (nSPS) is 17.5. The van der Waals surface area contributed by atoms with Crippen LogP contribution < -0.4 is 5.32 Å². The number of rotatable bonds is 8. The highest BCUT2D eigenvalue weighted by atomic mass is 16.5. The fourth-order valence-corrected chi connectivity index (χ4v) is 1.15. The van der Waals surface area contributed by atoms with Gasteiger partial charge in [-0.05, 0) is 26.3 Å². The zero-order valence-corrected chi connectivity index (χ0v) is 10.1. The Bertz CT molecular complexity index is 181. The lowest BCUT2D eigenvalue weighted by Gasteiger charge is -2.27. The van der Waals surface area contributed by atoms with Crippen LogP contribution in [-0.4, -0.2) is 43.3 Å². The molecule has 4 heteroatoms. The molecule has 0 rings (SSSR count). The Hall–Kier alpha value is -0.450. The van der Waals surface area contributed by atoms with Crippen LogP contribution in [0.2, 0.25) is 0 Å². The zero-order valence-electron chi connectivity index (χ0n) is 10.1. The van der Waals surface area contributed by atoms with Crippen LogP contribution in [-0.2, 0) is 9.53 Å². The van der Waals surface area contributed by atoms with Crippen molar-refractivity contribution in [2.75, 3.05) is 20.3 Å². The van der Waals surface area contributed by atoms with Crippen LogP contribution in [0, 0.1) is 5.92 Å². The van der Waals surface area contributed by atoms with Gasteiger partial charge in [0.2, 0.25) is 0 Å². The minimum absolute atomic E-state index is 0.342. The van der Waals surface area contributed by atoms with Crippen molar-refractivity contribution >= 4 is 6.29 Å². The highest BCUT2D eigenvalue weighted by molar-refractivity contribution is 5.62. The molecule has 4 nitrogen and oxygen atoms in total. The first-order valence-electron chi connectivity index (χ1n) is 5.37. The summed E-state index contributed by atoms with van der Waals surface area (Å²) in [6.45, 7) is 6.73. The molecule has 0 amide bonds. The third-order valence-corrected chi connectivity index (χ3v) is 2.42. The number of aliphatic hydroxyl groups is 1. The van der Waals surface area contributed by atoms with E-state index in [1.807, 2.05) is 0 Å². The second kappa shape index (κ2) is 6.93. The van der Waals surface area contributed by atoms with Gasteiger partial charge in [-0.3, -0.25) is 0 Å². The molecule has 0 aromatic rings. The van der Waals surface area contributed by atoms with E-state index in [0.29, 0.717) is 25.4 Å². The molecule has 0 aliphatic carbocycles. The Kier molecular flexibility index (Phi) is 6.72. The van der Waals surface area contributed by atoms with Crippen molar-refractivity contribution in [1.29, 1.82) is 0 Å². The molecule has 0 heterocycles. The molecule has 15 heavy (non-hydrogen) atoms. The second-order valence-electron chi connectivity index (χ2n) is 4.44. The first-order chi connectivity index (χ1) is 6.94. The summed E-state index contributed by atoms with van der Waals surface area (Å²) < 4.78 is 5.40. The predicted molar refractivity (Wildman–Crippen MR) is 59.8 cm³/mol. The molecule has 0 radical (unpaired) electrons. The number of likely N-dealkylation sites (N-methyl/N-ethyl adjacent to an activating group) is 1. The Morgan fingerprint density at radius 3 is 2.53 bits per heavy atom. The van der Waals surface area contributed by atoms with Crippen LogP contribution in [0.25, 0.3) is 0 Å². The van der Waals surface area contributed by atoms with Crippen LogP contribution >= 0.6 is 0 Å². The predicted octanol–water partition coefficient (Wildman–Crippen LogP) is 0.587. The fraction of sp³-hybridized carbons (Fsp3) is 0.909. The maximum atomic E-state index is 10.6. The van der Waals surface area contributed by atoms with Crippen molar-refractivity contribution in [3.05, 3.63) is 0 Å². The zero-order chi connectivity index (χ0) is 11.9. The topological polar surface area (TPSA) is 58.6 Å². The third kappa shape index (κ3) is 5.87. The first-order valence-corrected chi connectivity index (χ1v) is 5.37. The first kappa shape index (κ1) is 14.6. The van der Waals surface area contributed by atoms with Crippen molar-refractivity contribution in [3.63, 3.8) is 0 Å². The molecule has 0 aromatic heterocycles. The number of hydrogen-bond donors (Lipinski definition) is 2. The van der Waals surface area contributed by atoms with Crippen LogP contribution in [0.5, 0.6) is 0 Å². The van der Waals surface area contributed by atoms with Crippen molar-refractivity contribution < 1.29 is 14.6 Å². The Morgan fingerprint density at radius 2 is 2.13 bits per heavy atom. The lowest BCUT2D eigenvalue weighted by atomic mass is 9.99. The summed E-state index contributed by atoms with van der Waals surface area (Å²) in [5, 5.41) is 12.6.